The number of aliphatic imine (C=N–C) groups is 1. The second-order valence-corrected chi connectivity index (χ2v) is 5.28. The summed E-state index contributed by atoms with van der Waals surface area (Å²) in [4.78, 5) is 4.14. The number of nitrogens with two attached hydrogens (primary N) is 1. The standard InChI is InChI=1S/C17H17N3/c1-12(10-18)20-11-16(19)13-7-15-9-17(15,8-13)14-5-3-2-4-6-14/h2-8,10-11,18H,9,19H2,1H3/b16-11-,18-10?,20-12+. The second kappa shape index (κ2) is 4.60. The van der Waals surface area contributed by atoms with Crippen molar-refractivity contribution in [2.24, 2.45) is 10.7 Å². The normalized spacial score (nSPS) is 24.9. The van der Waals surface area contributed by atoms with Crippen LogP contribution in [0.4, 0.5) is 0 Å². The molecular weight excluding hydrogens is 246 g/mol. The van der Waals surface area contributed by atoms with Crippen LogP contribution in [0.15, 0.2) is 70.5 Å². The van der Waals surface area contributed by atoms with E-state index in [9.17, 15) is 0 Å². The van der Waals surface area contributed by atoms with Crippen molar-refractivity contribution in [3.63, 3.8) is 0 Å². The van der Waals surface area contributed by atoms with E-state index in [0.29, 0.717) is 11.4 Å². The van der Waals surface area contributed by atoms with Gasteiger partial charge in [-0.3, -0.25) is 4.99 Å². The number of allylic oxidation sites excluding steroid dienone is 3. The summed E-state index contributed by atoms with van der Waals surface area (Å²) in [6.07, 6.45) is 8.34. The number of nitrogens with one attached hydrogen (secondary N) is 1. The van der Waals surface area contributed by atoms with E-state index in [2.05, 4.69) is 41.4 Å². The summed E-state index contributed by atoms with van der Waals surface area (Å²) in [5.41, 5.74) is 11.2. The Labute approximate surface area is 118 Å². The predicted octanol–water partition coefficient (Wildman–Crippen LogP) is 3.11. The smallest absolute Gasteiger partial charge is 0.0570 e. The lowest BCUT2D eigenvalue weighted by Gasteiger charge is -2.09. The molecule has 0 saturated heterocycles. The molecular formula is C17H17N3. The topological polar surface area (TPSA) is 62.2 Å². The van der Waals surface area contributed by atoms with Crippen LogP contribution >= 0.6 is 0 Å². The highest BCUT2D eigenvalue weighted by Gasteiger charge is 2.51. The van der Waals surface area contributed by atoms with E-state index in [4.69, 9.17) is 11.1 Å². The molecule has 1 fully saturated rings. The van der Waals surface area contributed by atoms with Gasteiger partial charge in [0.25, 0.3) is 0 Å². The molecule has 2 aliphatic carbocycles. The van der Waals surface area contributed by atoms with Crippen LogP contribution in [0, 0.1) is 5.41 Å². The zero-order chi connectivity index (χ0) is 14.2. The van der Waals surface area contributed by atoms with Crippen LogP contribution < -0.4 is 5.73 Å². The average molecular weight is 263 g/mol. The minimum atomic E-state index is 0.0787. The first-order valence-corrected chi connectivity index (χ1v) is 6.66. The molecule has 100 valence electrons. The summed E-state index contributed by atoms with van der Waals surface area (Å²) in [5.74, 6) is 0. The van der Waals surface area contributed by atoms with Gasteiger partial charge < -0.3 is 11.1 Å². The molecule has 20 heavy (non-hydrogen) atoms. The molecule has 0 aliphatic heterocycles. The lowest BCUT2D eigenvalue weighted by molar-refractivity contribution is 0.928. The number of rotatable bonds is 4. The van der Waals surface area contributed by atoms with Crippen molar-refractivity contribution in [2.75, 3.05) is 0 Å². The SMILES string of the molecule is C/C(C=N)=N\C=C(/N)C1=CC2(c3ccccc3)CC2=C1. The molecule has 0 radical (unpaired) electrons. The summed E-state index contributed by atoms with van der Waals surface area (Å²) >= 11 is 0. The third-order valence-corrected chi connectivity index (χ3v) is 3.89. The summed E-state index contributed by atoms with van der Waals surface area (Å²) in [6.45, 7) is 1.78. The summed E-state index contributed by atoms with van der Waals surface area (Å²) in [6, 6.07) is 10.5. The summed E-state index contributed by atoms with van der Waals surface area (Å²) < 4.78 is 0. The van der Waals surface area contributed by atoms with Crippen LogP contribution in [0.2, 0.25) is 0 Å². The molecule has 3 heteroatoms. The third-order valence-electron chi connectivity index (χ3n) is 3.89. The lowest BCUT2D eigenvalue weighted by atomic mass is 9.95. The first-order valence-electron chi connectivity index (χ1n) is 6.66. The quantitative estimate of drug-likeness (QED) is 0.805. The van der Waals surface area contributed by atoms with Gasteiger partial charge in [0.15, 0.2) is 0 Å². The van der Waals surface area contributed by atoms with Gasteiger partial charge in [-0.25, -0.2) is 0 Å². The van der Waals surface area contributed by atoms with Crippen molar-refractivity contribution in [1.29, 1.82) is 5.41 Å². The van der Waals surface area contributed by atoms with Crippen molar-refractivity contribution in [3.05, 3.63) is 71.1 Å². The summed E-state index contributed by atoms with van der Waals surface area (Å²) in [5, 5.41) is 7.09. The monoisotopic (exact) mass is 263 g/mol. The fourth-order valence-electron chi connectivity index (χ4n) is 2.63. The van der Waals surface area contributed by atoms with E-state index in [1.165, 1.54) is 17.4 Å². The molecule has 3 rings (SSSR count). The van der Waals surface area contributed by atoms with Gasteiger partial charge in [0.2, 0.25) is 0 Å². The van der Waals surface area contributed by atoms with Gasteiger partial charge in [-0.05, 0) is 24.5 Å². The molecule has 3 N–H and O–H groups in total. The van der Waals surface area contributed by atoms with E-state index < -0.39 is 0 Å². The number of nitrogens with zero attached hydrogens (tertiary/aromatic N) is 1. The average Bonchev–Trinajstić information content (AvgIpc) is 3.07. The Balaban J connectivity index is 1.88. The largest absolute Gasteiger partial charge is 0.397 e. The van der Waals surface area contributed by atoms with Crippen molar-refractivity contribution in [3.8, 4) is 0 Å². The van der Waals surface area contributed by atoms with Gasteiger partial charge >= 0.3 is 0 Å². The molecule has 0 bridgehead atoms. The highest BCUT2D eigenvalue weighted by molar-refractivity contribution is 6.28. The van der Waals surface area contributed by atoms with Crippen molar-refractivity contribution in [1.82, 2.24) is 0 Å². The molecule has 0 aromatic heterocycles. The van der Waals surface area contributed by atoms with E-state index in [-0.39, 0.29) is 5.41 Å². The molecule has 1 atom stereocenters. The van der Waals surface area contributed by atoms with Gasteiger partial charge in [-0.15, -0.1) is 0 Å². The molecule has 2 aliphatic rings. The van der Waals surface area contributed by atoms with Crippen LogP contribution in [0.3, 0.4) is 0 Å². The van der Waals surface area contributed by atoms with Gasteiger partial charge in [0, 0.05) is 11.6 Å². The van der Waals surface area contributed by atoms with Crippen LogP contribution in [-0.4, -0.2) is 11.9 Å². The number of hydrogen-bond acceptors (Lipinski definition) is 3. The minimum Gasteiger partial charge on any atom is -0.397 e. The molecule has 0 heterocycles. The Bertz CT molecular complexity index is 677. The van der Waals surface area contributed by atoms with E-state index in [1.54, 1.807) is 13.1 Å². The van der Waals surface area contributed by atoms with Crippen molar-refractivity contribution >= 4 is 11.9 Å². The molecule has 0 spiro atoms. The molecule has 3 nitrogen and oxygen atoms in total. The maximum absolute atomic E-state index is 7.09. The number of fused-ring (bicyclic) bond motifs is 1. The van der Waals surface area contributed by atoms with Gasteiger partial charge in [-0.2, -0.15) is 0 Å². The Morgan fingerprint density at radius 1 is 1.35 bits per heavy atom. The second-order valence-electron chi connectivity index (χ2n) is 5.28. The van der Waals surface area contributed by atoms with E-state index in [0.717, 1.165) is 12.0 Å². The fraction of sp³-hybridized carbons (Fsp3) is 0.176. The Kier molecular flexibility index (Phi) is 2.90. The fourth-order valence-corrected chi connectivity index (χ4v) is 2.63. The van der Waals surface area contributed by atoms with Crippen molar-refractivity contribution in [2.45, 2.75) is 18.8 Å². The van der Waals surface area contributed by atoms with Crippen LogP contribution in [0.1, 0.15) is 18.9 Å². The molecule has 1 aromatic carbocycles. The summed E-state index contributed by atoms with van der Waals surface area (Å²) in [7, 11) is 0. The van der Waals surface area contributed by atoms with Crippen LogP contribution in [0.25, 0.3) is 0 Å². The van der Waals surface area contributed by atoms with Gasteiger partial charge in [0.05, 0.1) is 17.6 Å². The maximum Gasteiger partial charge on any atom is 0.0570 e. The van der Waals surface area contributed by atoms with Crippen LogP contribution in [0.5, 0.6) is 0 Å². The van der Waals surface area contributed by atoms with E-state index >= 15 is 0 Å². The third kappa shape index (κ3) is 2.01. The van der Waals surface area contributed by atoms with Crippen molar-refractivity contribution < 1.29 is 0 Å². The maximum atomic E-state index is 7.09. The Hall–Kier alpha value is -2.42. The Morgan fingerprint density at radius 3 is 2.80 bits per heavy atom. The zero-order valence-corrected chi connectivity index (χ0v) is 11.4. The zero-order valence-electron chi connectivity index (χ0n) is 11.4. The first kappa shape index (κ1) is 12.6. The number of hydrogen-bond donors (Lipinski definition) is 2. The highest BCUT2D eigenvalue weighted by Crippen LogP contribution is 2.59. The predicted molar refractivity (Wildman–Crippen MR) is 83.1 cm³/mol. The molecule has 0 amide bonds. The number of benzene rings is 1. The van der Waals surface area contributed by atoms with Gasteiger partial charge in [0.1, 0.15) is 0 Å². The highest BCUT2D eigenvalue weighted by atomic mass is 14.7. The molecule has 1 unspecified atom stereocenters. The van der Waals surface area contributed by atoms with Gasteiger partial charge in [-0.1, -0.05) is 48.1 Å². The molecule has 1 aromatic rings. The van der Waals surface area contributed by atoms with Crippen LogP contribution in [-0.2, 0) is 5.41 Å². The molecule has 1 saturated carbocycles. The lowest BCUT2D eigenvalue weighted by Crippen LogP contribution is -2.04. The minimum absolute atomic E-state index is 0.0787. The Morgan fingerprint density at radius 2 is 2.10 bits per heavy atom. The van der Waals surface area contributed by atoms with E-state index in [1.807, 2.05) is 6.07 Å². The first-order chi connectivity index (χ1) is 9.65.